The van der Waals surface area contributed by atoms with Crippen molar-refractivity contribution in [3.63, 3.8) is 0 Å². The number of likely N-dealkylation sites (N-methyl/N-ethyl adjacent to an activating group) is 1. The average Bonchev–Trinajstić information content (AvgIpc) is 2.58. The van der Waals surface area contributed by atoms with E-state index in [2.05, 4.69) is 17.3 Å². The summed E-state index contributed by atoms with van der Waals surface area (Å²) in [7, 11) is 3.45. The minimum absolute atomic E-state index is 0.0297. The summed E-state index contributed by atoms with van der Waals surface area (Å²) in [5.41, 5.74) is 1.06. The van der Waals surface area contributed by atoms with Gasteiger partial charge in [-0.25, -0.2) is 4.79 Å². The lowest BCUT2D eigenvalue weighted by atomic mass is 9.86. The summed E-state index contributed by atoms with van der Waals surface area (Å²) in [5, 5.41) is 3.22. The molecular formula is C19H29N3O3. The van der Waals surface area contributed by atoms with Crippen LogP contribution in [-0.2, 0) is 9.53 Å². The molecule has 0 bridgehead atoms. The third-order valence-corrected chi connectivity index (χ3v) is 4.51. The van der Waals surface area contributed by atoms with Crippen LogP contribution in [0.15, 0.2) is 24.3 Å². The van der Waals surface area contributed by atoms with Crippen LogP contribution < -0.4 is 5.32 Å². The number of nitrogens with one attached hydrogen (secondary N) is 1. The average molecular weight is 347 g/mol. The molecule has 0 saturated carbocycles. The van der Waals surface area contributed by atoms with Gasteiger partial charge in [-0.3, -0.25) is 4.79 Å². The highest BCUT2D eigenvalue weighted by Crippen LogP contribution is 2.25. The molecule has 6 nitrogen and oxygen atoms in total. The molecule has 1 saturated heterocycles. The molecule has 2 rings (SSSR count). The number of piperazine rings is 1. The minimum Gasteiger partial charge on any atom is -0.467 e. The fourth-order valence-electron chi connectivity index (χ4n) is 2.85. The number of esters is 1. The Balaban J connectivity index is 2.15. The molecular weight excluding hydrogens is 318 g/mol. The summed E-state index contributed by atoms with van der Waals surface area (Å²) in [4.78, 5) is 28.9. The van der Waals surface area contributed by atoms with Crippen LogP contribution in [0.2, 0.25) is 0 Å². The first kappa shape index (κ1) is 19.2. The van der Waals surface area contributed by atoms with Crippen molar-refractivity contribution in [1.29, 1.82) is 0 Å². The normalized spacial score (nSPS) is 17.1. The van der Waals surface area contributed by atoms with Crippen LogP contribution in [0.3, 0.4) is 0 Å². The molecule has 1 aromatic carbocycles. The fourth-order valence-corrected chi connectivity index (χ4v) is 2.85. The third kappa shape index (κ3) is 4.95. The maximum atomic E-state index is 12.7. The number of methoxy groups -OCH3 is 1. The summed E-state index contributed by atoms with van der Waals surface area (Å²) in [6.45, 7) is 9.16. The Labute approximate surface area is 150 Å². The lowest BCUT2D eigenvalue weighted by Gasteiger charge is -2.32. The van der Waals surface area contributed by atoms with Crippen LogP contribution in [-0.4, -0.2) is 68.1 Å². The summed E-state index contributed by atoms with van der Waals surface area (Å²) in [5.74, 6) is -0.287. The van der Waals surface area contributed by atoms with Crippen molar-refractivity contribution in [2.45, 2.75) is 26.8 Å². The molecule has 1 aliphatic heterocycles. The number of rotatable bonds is 4. The number of hydrogen-bond acceptors (Lipinski definition) is 5. The Kier molecular flexibility index (Phi) is 6.06. The Morgan fingerprint density at radius 1 is 1.16 bits per heavy atom. The largest absolute Gasteiger partial charge is 0.467 e. The van der Waals surface area contributed by atoms with E-state index in [-0.39, 0.29) is 17.3 Å². The number of nitrogens with zero attached hydrogens (tertiary/aromatic N) is 2. The Bertz CT molecular complexity index is 617. The van der Waals surface area contributed by atoms with Crippen LogP contribution in [0, 0.1) is 5.41 Å². The van der Waals surface area contributed by atoms with Gasteiger partial charge in [-0.15, -0.1) is 0 Å². The number of benzene rings is 1. The van der Waals surface area contributed by atoms with Crippen LogP contribution in [0.4, 0.5) is 5.69 Å². The van der Waals surface area contributed by atoms with E-state index in [1.807, 2.05) is 49.9 Å². The molecule has 25 heavy (non-hydrogen) atoms. The Hall–Kier alpha value is -2.08. The highest BCUT2D eigenvalue weighted by molar-refractivity contribution is 5.95. The monoisotopic (exact) mass is 347 g/mol. The van der Waals surface area contributed by atoms with Gasteiger partial charge in [-0.1, -0.05) is 26.8 Å². The zero-order valence-electron chi connectivity index (χ0n) is 15.8. The van der Waals surface area contributed by atoms with Crippen LogP contribution in [0.5, 0.6) is 0 Å². The second-order valence-electron chi connectivity index (χ2n) is 7.64. The topological polar surface area (TPSA) is 61.9 Å². The highest BCUT2D eigenvalue weighted by Gasteiger charge is 2.32. The van der Waals surface area contributed by atoms with E-state index in [0.29, 0.717) is 5.56 Å². The van der Waals surface area contributed by atoms with Gasteiger partial charge in [0.2, 0.25) is 0 Å². The lowest BCUT2D eigenvalue weighted by molar-refractivity contribution is -0.143. The first-order valence-electron chi connectivity index (χ1n) is 8.64. The van der Waals surface area contributed by atoms with Gasteiger partial charge in [-0.2, -0.15) is 0 Å². The SMILES string of the molecule is COC(=O)C(Nc1cccc(C(=O)N2CCN(C)CC2)c1)C(C)(C)C. The summed E-state index contributed by atoms with van der Waals surface area (Å²) in [6.07, 6.45) is 0. The maximum Gasteiger partial charge on any atom is 0.328 e. The molecule has 0 spiro atoms. The first-order chi connectivity index (χ1) is 11.7. The summed E-state index contributed by atoms with van der Waals surface area (Å²) < 4.78 is 4.91. The molecule has 1 aromatic rings. The Morgan fingerprint density at radius 2 is 1.80 bits per heavy atom. The van der Waals surface area contributed by atoms with E-state index in [9.17, 15) is 9.59 Å². The number of carbonyl (C=O) groups excluding carboxylic acids is 2. The standard InChI is InChI=1S/C19H29N3O3/c1-19(2,3)16(18(24)25-5)20-15-8-6-7-14(13-15)17(23)22-11-9-21(4)10-12-22/h6-8,13,16,20H,9-12H2,1-5H3. The molecule has 138 valence electrons. The fraction of sp³-hybridized carbons (Fsp3) is 0.579. The van der Waals surface area contributed by atoms with E-state index in [1.165, 1.54) is 7.11 Å². The molecule has 1 atom stereocenters. The van der Waals surface area contributed by atoms with Gasteiger partial charge >= 0.3 is 5.97 Å². The molecule has 1 fully saturated rings. The van der Waals surface area contributed by atoms with Crippen molar-refractivity contribution in [2.24, 2.45) is 5.41 Å². The zero-order valence-corrected chi connectivity index (χ0v) is 15.8. The number of anilines is 1. The van der Waals surface area contributed by atoms with E-state index in [4.69, 9.17) is 4.74 Å². The zero-order chi connectivity index (χ0) is 18.6. The van der Waals surface area contributed by atoms with Crippen molar-refractivity contribution < 1.29 is 14.3 Å². The number of ether oxygens (including phenoxy) is 1. The van der Waals surface area contributed by atoms with Gasteiger partial charge in [0.05, 0.1) is 7.11 Å². The van der Waals surface area contributed by atoms with Crippen LogP contribution in [0.25, 0.3) is 0 Å². The predicted octanol–water partition coefficient (Wildman–Crippen LogP) is 2.07. The van der Waals surface area contributed by atoms with Crippen molar-refractivity contribution >= 4 is 17.6 Å². The minimum atomic E-state index is -0.494. The van der Waals surface area contributed by atoms with Gasteiger partial charge in [0.15, 0.2) is 0 Å². The van der Waals surface area contributed by atoms with Gasteiger partial charge in [0, 0.05) is 37.4 Å². The number of carbonyl (C=O) groups is 2. The first-order valence-corrected chi connectivity index (χ1v) is 8.64. The van der Waals surface area contributed by atoms with E-state index < -0.39 is 6.04 Å². The van der Waals surface area contributed by atoms with Crippen molar-refractivity contribution in [3.05, 3.63) is 29.8 Å². The second kappa shape index (κ2) is 7.87. The van der Waals surface area contributed by atoms with Gasteiger partial charge in [0.25, 0.3) is 5.91 Å². The Morgan fingerprint density at radius 3 is 2.36 bits per heavy atom. The molecule has 6 heteroatoms. The molecule has 0 aliphatic carbocycles. The third-order valence-electron chi connectivity index (χ3n) is 4.51. The molecule has 1 amide bonds. The second-order valence-corrected chi connectivity index (χ2v) is 7.64. The van der Waals surface area contributed by atoms with E-state index in [0.717, 1.165) is 31.9 Å². The van der Waals surface area contributed by atoms with Gasteiger partial charge in [0.1, 0.15) is 6.04 Å². The smallest absolute Gasteiger partial charge is 0.328 e. The maximum absolute atomic E-state index is 12.7. The number of amides is 1. The summed E-state index contributed by atoms with van der Waals surface area (Å²) in [6, 6.07) is 6.83. The lowest BCUT2D eigenvalue weighted by Crippen LogP contribution is -2.47. The predicted molar refractivity (Wildman–Crippen MR) is 98.7 cm³/mol. The van der Waals surface area contributed by atoms with Crippen LogP contribution >= 0.6 is 0 Å². The molecule has 0 radical (unpaired) electrons. The van der Waals surface area contributed by atoms with Crippen molar-refractivity contribution in [3.8, 4) is 0 Å². The highest BCUT2D eigenvalue weighted by atomic mass is 16.5. The van der Waals surface area contributed by atoms with E-state index in [1.54, 1.807) is 0 Å². The van der Waals surface area contributed by atoms with E-state index >= 15 is 0 Å². The molecule has 1 N–H and O–H groups in total. The van der Waals surface area contributed by atoms with Crippen molar-refractivity contribution in [1.82, 2.24) is 9.80 Å². The van der Waals surface area contributed by atoms with Gasteiger partial charge < -0.3 is 19.9 Å². The quantitative estimate of drug-likeness (QED) is 0.845. The van der Waals surface area contributed by atoms with Gasteiger partial charge in [-0.05, 0) is 30.7 Å². The molecule has 1 unspecified atom stereocenters. The molecule has 0 aromatic heterocycles. The molecule has 1 heterocycles. The van der Waals surface area contributed by atoms with Crippen molar-refractivity contribution in [2.75, 3.05) is 45.7 Å². The van der Waals surface area contributed by atoms with Crippen LogP contribution in [0.1, 0.15) is 31.1 Å². The number of hydrogen-bond donors (Lipinski definition) is 1. The summed E-state index contributed by atoms with van der Waals surface area (Å²) >= 11 is 0. The molecule has 1 aliphatic rings.